The normalized spacial score (nSPS) is 31.4. The van der Waals surface area contributed by atoms with Crippen LogP contribution in [0.3, 0.4) is 0 Å². The van der Waals surface area contributed by atoms with Gasteiger partial charge in [-0.25, -0.2) is 0 Å². The van der Waals surface area contributed by atoms with Crippen LogP contribution in [0.1, 0.15) is 53.9 Å². The highest BCUT2D eigenvalue weighted by Crippen LogP contribution is 2.47. The molecule has 1 nitrogen and oxygen atoms in total. The van der Waals surface area contributed by atoms with E-state index in [1.807, 2.05) is 0 Å². The largest absolute Gasteiger partial charge is 0.393 e. The Morgan fingerprint density at radius 3 is 2.38 bits per heavy atom. The fraction of sp³-hybridized carbons (Fsp3) is 0.867. The molecule has 3 atom stereocenters. The van der Waals surface area contributed by atoms with Crippen molar-refractivity contribution >= 4 is 0 Å². The molecule has 0 aromatic rings. The number of rotatable bonds is 4. The average molecular weight is 224 g/mol. The Morgan fingerprint density at radius 1 is 1.31 bits per heavy atom. The van der Waals surface area contributed by atoms with Crippen LogP contribution in [0.5, 0.6) is 0 Å². The minimum Gasteiger partial charge on any atom is -0.393 e. The van der Waals surface area contributed by atoms with Gasteiger partial charge in [0.05, 0.1) is 6.10 Å². The smallest absolute Gasteiger partial charge is 0.0597 e. The number of aliphatic hydroxyl groups excluding tert-OH is 1. The molecule has 1 N–H and O–H groups in total. The van der Waals surface area contributed by atoms with Gasteiger partial charge in [0.1, 0.15) is 0 Å². The predicted octanol–water partition coefficient (Wildman–Crippen LogP) is 4.02. The maximum atomic E-state index is 9.73. The second-order valence-electron chi connectivity index (χ2n) is 6.38. The molecule has 1 aliphatic carbocycles. The zero-order chi connectivity index (χ0) is 12.3. The van der Waals surface area contributed by atoms with E-state index in [2.05, 4.69) is 46.8 Å². The summed E-state index contributed by atoms with van der Waals surface area (Å²) in [6.45, 7) is 11.2. The molecule has 1 heteroatoms. The fourth-order valence-corrected chi connectivity index (χ4v) is 2.54. The molecule has 0 saturated heterocycles. The van der Waals surface area contributed by atoms with Crippen molar-refractivity contribution in [1.82, 2.24) is 0 Å². The molecule has 0 heterocycles. The predicted molar refractivity (Wildman–Crippen MR) is 70.3 cm³/mol. The highest BCUT2D eigenvalue weighted by molar-refractivity contribution is 5.01. The van der Waals surface area contributed by atoms with Gasteiger partial charge in [-0.3, -0.25) is 0 Å². The van der Waals surface area contributed by atoms with Gasteiger partial charge in [-0.1, -0.05) is 46.8 Å². The molecular weight excluding hydrogens is 196 g/mol. The van der Waals surface area contributed by atoms with Crippen molar-refractivity contribution in [2.75, 3.05) is 0 Å². The summed E-state index contributed by atoms with van der Waals surface area (Å²) in [7, 11) is 0. The van der Waals surface area contributed by atoms with E-state index in [4.69, 9.17) is 0 Å². The van der Waals surface area contributed by atoms with E-state index in [-0.39, 0.29) is 6.10 Å². The van der Waals surface area contributed by atoms with E-state index in [9.17, 15) is 5.11 Å². The molecule has 1 fully saturated rings. The first-order valence-electron chi connectivity index (χ1n) is 6.70. The second kappa shape index (κ2) is 5.35. The van der Waals surface area contributed by atoms with Crippen molar-refractivity contribution in [1.29, 1.82) is 0 Å². The van der Waals surface area contributed by atoms with Crippen LogP contribution in [0.4, 0.5) is 0 Å². The summed E-state index contributed by atoms with van der Waals surface area (Å²) in [4.78, 5) is 0. The van der Waals surface area contributed by atoms with Crippen molar-refractivity contribution in [3.05, 3.63) is 12.2 Å². The lowest BCUT2D eigenvalue weighted by atomic mass is 9.76. The second-order valence-corrected chi connectivity index (χ2v) is 6.38. The Kier molecular flexibility index (Phi) is 4.61. The SMILES string of the molecule is CC(C)C(O)CC=CC1CCC(C)C1(C)C. The van der Waals surface area contributed by atoms with Crippen molar-refractivity contribution < 1.29 is 5.11 Å². The summed E-state index contributed by atoms with van der Waals surface area (Å²) in [5.74, 6) is 1.87. The Morgan fingerprint density at radius 2 is 1.94 bits per heavy atom. The van der Waals surface area contributed by atoms with Crippen molar-refractivity contribution in [2.24, 2.45) is 23.2 Å². The first kappa shape index (κ1) is 13.8. The molecule has 1 saturated carbocycles. The summed E-state index contributed by atoms with van der Waals surface area (Å²) in [6.07, 6.45) is 7.80. The third-order valence-corrected chi connectivity index (χ3v) is 4.65. The van der Waals surface area contributed by atoms with Crippen LogP contribution in [-0.4, -0.2) is 11.2 Å². The molecule has 0 radical (unpaired) electrons. The lowest BCUT2D eigenvalue weighted by molar-refractivity contribution is 0.128. The van der Waals surface area contributed by atoms with E-state index in [0.29, 0.717) is 17.3 Å². The van der Waals surface area contributed by atoms with Crippen LogP contribution in [-0.2, 0) is 0 Å². The van der Waals surface area contributed by atoms with Gasteiger partial charge < -0.3 is 5.11 Å². The quantitative estimate of drug-likeness (QED) is 0.715. The maximum absolute atomic E-state index is 9.73. The molecule has 0 bridgehead atoms. The zero-order valence-electron chi connectivity index (χ0n) is 11.5. The van der Waals surface area contributed by atoms with Gasteiger partial charge in [-0.05, 0) is 42.4 Å². The van der Waals surface area contributed by atoms with E-state index in [0.717, 1.165) is 12.3 Å². The average Bonchev–Trinajstić information content (AvgIpc) is 2.44. The number of hydrogen-bond acceptors (Lipinski definition) is 1. The molecule has 1 aliphatic rings. The molecule has 0 aromatic carbocycles. The van der Waals surface area contributed by atoms with Crippen LogP contribution >= 0.6 is 0 Å². The highest BCUT2D eigenvalue weighted by Gasteiger charge is 2.38. The Balaban J connectivity index is 2.46. The van der Waals surface area contributed by atoms with Crippen molar-refractivity contribution in [3.8, 4) is 0 Å². The lowest BCUT2D eigenvalue weighted by Gasteiger charge is -2.29. The molecule has 0 aromatic heterocycles. The molecule has 1 rings (SSSR count). The van der Waals surface area contributed by atoms with E-state index < -0.39 is 0 Å². The minimum atomic E-state index is -0.182. The van der Waals surface area contributed by atoms with Gasteiger partial charge in [0.15, 0.2) is 0 Å². The van der Waals surface area contributed by atoms with Crippen LogP contribution in [0.15, 0.2) is 12.2 Å². The first-order chi connectivity index (χ1) is 7.35. The van der Waals surface area contributed by atoms with E-state index in [1.165, 1.54) is 12.8 Å². The maximum Gasteiger partial charge on any atom is 0.0597 e. The Bertz CT molecular complexity index is 240. The van der Waals surface area contributed by atoms with Crippen LogP contribution in [0.25, 0.3) is 0 Å². The molecule has 0 aliphatic heterocycles. The van der Waals surface area contributed by atoms with Crippen LogP contribution < -0.4 is 0 Å². The molecule has 94 valence electrons. The van der Waals surface area contributed by atoms with Gasteiger partial charge in [0.25, 0.3) is 0 Å². The van der Waals surface area contributed by atoms with Gasteiger partial charge in [-0.15, -0.1) is 0 Å². The monoisotopic (exact) mass is 224 g/mol. The molecule has 0 amide bonds. The number of aliphatic hydroxyl groups is 1. The van der Waals surface area contributed by atoms with Gasteiger partial charge in [-0.2, -0.15) is 0 Å². The summed E-state index contributed by atoms with van der Waals surface area (Å²) in [5.41, 5.74) is 0.430. The molecule has 3 unspecified atom stereocenters. The van der Waals surface area contributed by atoms with E-state index >= 15 is 0 Å². The van der Waals surface area contributed by atoms with Crippen LogP contribution in [0.2, 0.25) is 0 Å². The summed E-state index contributed by atoms with van der Waals surface area (Å²) in [5, 5.41) is 9.73. The highest BCUT2D eigenvalue weighted by atomic mass is 16.3. The first-order valence-corrected chi connectivity index (χ1v) is 6.70. The summed E-state index contributed by atoms with van der Waals surface area (Å²) in [6, 6.07) is 0. The molecule has 0 spiro atoms. The number of hydrogen-bond donors (Lipinski definition) is 1. The standard InChI is InChI=1S/C15H28O/c1-11(2)14(16)8-6-7-13-10-9-12(3)15(13,4)5/h6-7,11-14,16H,8-10H2,1-5H3. The lowest BCUT2D eigenvalue weighted by Crippen LogP contribution is -2.22. The summed E-state index contributed by atoms with van der Waals surface area (Å²) < 4.78 is 0. The van der Waals surface area contributed by atoms with Gasteiger partial charge in [0.2, 0.25) is 0 Å². The topological polar surface area (TPSA) is 20.2 Å². The Labute approximate surface area is 101 Å². The third-order valence-electron chi connectivity index (χ3n) is 4.65. The van der Waals surface area contributed by atoms with E-state index in [1.54, 1.807) is 0 Å². The molecular formula is C15H28O. The third kappa shape index (κ3) is 3.10. The Hall–Kier alpha value is -0.300. The number of allylic oxidation sites excluding steroid dienone is 1. The van der Waals surface area contributed by atoms with Crippen molar-refractivity contribution in [3.63, 3.8) is 0 Å². The fourth-order valence-electron chi connectivity index (χ4n) is 2.54. The van der Waals surface area contributed by atoms with Crippen LogP contribution in [0, 0.1) is 23.2 Å². The van der Waals surface area contributed by atoms with Gasteiger partial charge >= 0.3 is 0 Å². The zero-order valence-corrected chi connectivity index (χ0v) is 11.5. The summed E-state index contributed by atoms with van der Waals surface area (Å²) >= 11 is 0. The van der Waals surface area contributed by atoms with Crippen molar-refractivity contribution in [2.45, 2.75) is 60.0 Å². The minimum absolute atomic E-state index is 0.182. The molecule has 16 heavy (non-hydrogen) atoms. The van der Waals surface area contributed by atoms with Gasteiger partial charge in [0, 0.05) is 0 Å².